The molecule has 1 aliphatic carbocycles. The van der Waals surface area contributed by atoms with Crippen molar-refractivity contribution in [3.05, 3.63) is 53.6 Å². The number of rotatable bonds is 5. The topological polar surface area (TPSA) is 66.5 Å². The molecule has 1 amide bonds. The predicted molar refractivity (Wildman–Crippen MR) is 102 cm³/mol. The van der Waals surface area contributed by atoms with Gasteiger partial charge >= 0.3 is 0 Å². The monoisotopic (exact) mass is 370 g/mol. The Morgan fingerprint density at radius 3 is 2.54 bits per heavy atom. The molecule has 0 spiro atoms. The highest BCUT2D eigenvalue weighted by atomic mass is 32.2. The first kappa shape index (κ1) is 17.1. The lowest BCUT2D eigenvalue weighted by Crippen LogP contribution is -2.30. The highest BCUT2D eigenvalue weighted by Gasteiger charge is 2.36. The van der Waals surface area contributed by atoms with E-state index in [2.05, 4.69) is 4.72 Å². The number of nitrogens with zero attached hydrogens (tertiary/aromatic N) is 1. The van der Waals surface area contributed by atoms with Gasteiger partial charge in [0.05, 0.1) is 4.90 Å². The standard InChI is InChI=1S/C20H22N2O3S/c1-2-14-3-8-18(9-4-14)26(24,25)21-17-7-10-19-16(13-17)11-12-22(19)20(23)15-5-6-15/h3-4,7-10,13,15,21H,2,5-6,11-12H2,1H3. The summed E-state index contributed by atoms with van der Waals surface area (Å²) in [6.07, 6.45) is 3.60. The van der Waals surface area contributed by atoms with Gasteiger partial charge in [-0.15, -0.1) is 0 Å². The lowest BCUT2D eigenvalue weighted by atomic mass is 10.1. The molecule has 0 unspecified atom stereocenters. The molecule has 1 heterocycles. The number of amides is 1. The van der Waals surface area contributed by atoms with Crippen molar-refractivity contribution in [3.63, 3.8) is 0 Å². The average Bonchev–Trinajstić information content (AvgIpc) is 3.41. The zero-order valence-electron chi connectivity index (χ0n) is 14.7. The van der Waals surface area contributed by atoms with E-state index < -0.39 is 10.0 Å². The summed E-state index contributed by atoms with van der Waals surface area (Å²) in [4.78, 5) is 14.4. The van der Waals surface area contributed by atoms with Gasteiger partial charge in [-0.2, -0.15) is 0 Å². The van der Waals surface area contributed by atoms with Crippen LogP contribution >= 0.6 is 0 Å². The van der Waals surface area contributed by atoms with Gasteiger partial charge in [0.15, 0.2) is 0 Å². The van der Waals surface area contributed by atoms with Crippen molar-refractivity contribution >= 4 is 27.3 Å². The van der Waals surface area contributed by atoms with E-state index in [0.29, 0.717) is 12.2 Å². The molecule has 2 aromatic carbocycles. The second-order valence-corrected chi connectivity index (χ2v) is 8.64. The minimum absolute atomic E-state index is 0.185. The van der Waals surface area contributed by atoms with Gasteiger partial charge in [0, 0.05) is 23.8 Å². The van der Waals surface area contributed by atoms with Gasteiger partial charge in [-0.25, -0.2) is 8.42 Å². The highest BCUT2D eigenvalue weighted by Crippen LogP contribution is 2.37. The number of sulfonamides is 1. The van der Waals surface area contributed by atoms with Crippen LogP contribution in [0.25, 0.3) is 0 Å². The van der Waals surface area contributed by atoms with Crippen LogP contribution in [-0.4, -0.2) is 20.9 Å². The van der Waals surface area contributed by atoms with E-state index in [9.17, 15) is 13.2 Å². The summed E-state index contributed by atoms with van der Waals surface area (Å²) in [5, 5.41) is 0. The van der Waals surface area contributed by atoms with Crippen molar-refractivity contribution in [1.82, 2.24) is 0 Å². The summed E-state index contributed by atoms with van der Waals surface area (Å²) in [6, 6.07) is 12.3. The molecule has 0 atom stereocenters. The van der Waals surface area contributed by atoms with E-state index in [1.165, 1.54) is 0 Å². The molecule has 0 bridgehead atoms. The van der Waals surface area contributed by atoms with Crippen LogP contribution < -0.4 is 9.62 Å². The number of carbonyl (C=O) groups is 1. The first-order valence-electron chi connectivity index (χ1n) is 9.04. The zero-order chi connectivity index (χ0) is 18.3. The number of nitrogens with one attached hydrogen (secondary N) is 1. The number of fused-ring (bicyclic) bond motifs is 1. The van der Waals surface area contributed by atoms with Gasteiger partial charge in [-0.1, -0.05) is 19.1 Å². The van der Waals surface area contributed by atoms with E-state index >= 15 is 0 Å². The first-order chi connectivity index (χ1) is 12.5. The summed E-state index contributed by atoms with van der Waals surface area (Å²) in [7, 11) is -3.62. The zero-order valence-corrected chi connectivity index (χ0v) is 15.6. The molecule has 136 valence electrons. The fraction of sp³-hybridized carbons (Fsp3) is 0.350. The number of hydrogen-bond donors (Lipinski definition) is 1. The molecular weight excluding hydrogens is 348 g/mol. The molecule has 1 fully saturated rings. The second kappa shape index (κ2) is 6.43. The van der Waals surface area contributed by atoms with Crippen LogP contribution in [0.5, 0.6) is 0 Å². The maximum Gasteiger partial charge on any atom is 0.261 e. The minimum Gasteiger partial charge on any atom is -0.312 e. The van der Waals surface area contributed by atoms with Crippen molar-refractivity contribution < 1.29 is 13.2 Å². The molecule has 5 nitrogen and oxygen atoms in total. The Labute approximate surface area is 154 Å². The van der Waals surface area contributed by atoms with Crippen molar-refractivity contribution in [1.29, 1.82) is 0 Å². The molecule has 1 aliphatic heterocycles. The first-order valence-corrected chi connectivity index (χ1v) is 10.5. The van der Waals surface area contributed by atoms with Crippen LogP contribution in [0, 0.1) is 5.92 Å². The Hall–Kier alpha value is -2.34. The maximum absolute atomic E-state index is 12.6. The van der Waals surface area contributed by atoms with E-state index in [0.717, 1.165) is 42.5 Å². The number of benzene rings is 2. The summed E-state index contributed by atoms with van der Waals surface area (Å²) >= 11 is 0. The van der Waals surface area contributed by atoms with E-state index in [4.69, 9.17) is 0 Å². The molecule has 2 aliphatic rings. The third kappa shape index (κ3) is 3.21. The molecule has 0 aromatic heterocycles. The highest BCUT2D eigenvalue weighted by molar-refractivity contribution is 7.92. The molecule has 0 radical (unpaired) electrons. The maximum atomic E-state index is 12.6. The van der Waals surface area contributed by atoms with Crippen molar-refractivity contribution in [2.24, 2.45) is 5.92 Å². The van der Waals surface area contributed by atoms with E-state index in [1.807, 2.05) is 36.1 Å². The van der Waals surface area contributed by atoms with Gasteiger partial charge in [-0.3, -0.25) is 9.52 Å². The van der Waals surface area contributed by atoms with Crippen LogP contribution in [-0.2, 0) is 27.7 Å². The SMILES string of the molecule is CCc1ccc(S(=O)(=O)Nc2ccc3c(c2)CCN3C(=O)C2CC2)cc1. The van der Waals surface area contributed by atoms with Crippen LogP contribution in [0.4, 0.5) is 11.4 Å². The molecule has 26 heavy (non-hydrogen) atoms. The van der Waals surface area contributed by atoms with Gasteiger partial charge in [0.1, 0.15) is 0 Å². The lowest BCUT2D eigenvalue weighted by molar-refractivity contribution is -0.119. The molecule has 1 saturated carbocycles. The third-order valence-electron chi connectivity index (χ3n) is 5.06. The molecule has 1 N–H and O–H groups in total. The largest absolute Gasteiger partial charge is 0.312 e. The van der Waals surface area contributed by atoms with Crippen molar-refractivity contribution in [2.45, 2.75) is 37.5 Å². The summed E-state index contributed by atoms with van der Waals surface area (Å²) < 4.78 is 27.8. The second-order valence-electron chi connectivity index (χ2n) is 6.96. The van der Waals surface area contributed by atoms with Crippen molar-refractivity contribution in [2.75, 3.05) is 16.2 Å². The van der Waals surface area contributed by atoms with Crippen LogP contribution in [0.15, 0.2) is 47.4 Å². The summed E-state index contributed by atoms with van der Waals surface area (Å²) in [5.74, 6) is 0.387. The van der Waals surface area contributed by atoms with Gasteiger partial charge in [-0.05, 0) is 67.1 Å². The normalized spacial score (nSPS) is 16.4. The fourth-order valence-corrected chi connectivity index (χ4v) is 4.41. The molecule has 2 aromatic rings. The number of carbonyl (C=O) groups excluding carboxylic acids is 1. The van der Waals surface area contributed by atoms with Gasteiger partial charge in [0.2, 0.25) is 5.91 Å². The van der Waals surface area contributed by atoms with E-state index in [1.54, 1.807) is 18.2 Å². The Morgan fingerprint density at radius 2 is 1.88 bits per heavy atom. The number of aryl methyl sites for hydroxylation is 1. The van der Waals surface area contributed by atoms with E-state index in [-0.39, 0.29) is 16.7 Å². The number of anilines is 2. The predicted octanol–water partition coefficient (Wildman–Crippen LogP) is 3.35. The quantitative estimate of drug-likeness (QED) is 0.878. The molecule has 4 rings (SSSR count). The van der Waals surface area contributed by atoms with Gasteiger partial charge < -0.3 is 4.90 Å². The van der Waals surface area contributed by atoms with Crippen molar-refractivity contribution in [3.8, 4) is 0 Å². The Morgan fingerprint density at radius 1 is 1.15 bits per heavy atom. The molecular formula is C20H22N2O3S. The van der Waals surface area contributed by atoms with Crippen LogP contribution in [0.1, 0.15) is 30.9 Å². The fourth-order valence-electron chi connectivity index (χ4n) is 3.36. The smallest absolute Gasteiger partial charge is 0.261 e. The van der Waals surface area contributed by atoms with Crippen LogP contribution in [0.2, 0.25) is 0 Å². The minimum atomic E-state index is -3.62. The third-order valence-corrected chi connectivity index (χ3v) is 6.46. The summed E-state index contributed by atoms with van der Waals surface area (Å²) in [6.45, 7) is 2.71. The Bertz CT molecular complexity index is 948. The molecule has 6 heteroatoms. The molecule has 0 saturated heterocycles. The average molecular weight is 370 g/mol. The summed E-state index contributed by atoms with van der Waals surface area (Å²) in [5.41, 5.74) is 3.56. The Kier molecular flexibility index (Phi) is 4.23. The van der Waals surface area contributed by atoms with Crippen LogP contribution in [0.3, 0.4) is 0 Å². The Balaban J connectivity index is 1.54. The lowest BCUT2D eigenvalue weighted by Gasteiger charge is -2.17. The van der Waals surface area contributed by atoms with Gasteiger partial charge in [0.25, 0.3) is 10.0 Å². The number of hydrogen-bond acceptors (Lipinski definition) is 3.